The van der Waals surface area contributed by atoms with E-state index in [-0.39, 0.29) is 17.6 Å². The third kappa shape index (κ3) is 3.76. The highest BCUT2D eigenvalue weighted by Gasteiger charge is 2.17. The summed E-state index contributed by atoms with van der Waals surface area (Å²) >= 11 is 9.57. The fourth-order valence-electron chi connectivity index (χ4n) is 2.24. The van der Waals surface area contributed by atoms with E-state index in [0.717, 1.165) is 10.0 Å². The SMILES string of the molecule is CNC(Cc1cccc(OC)c1F)c1cc(Cl)ccc1Br. The molecule has 1 unspecified atom stereocenters. The van der Waals surface area contributed by atoms with E-state index in [1.807, 2.05) is 25.2 Å². The van der Waals surface area contributed by atoms with Gasteiger partial charge in [-0.05, 0) is 48.9 Å². The molecule has 2 aromatic carbocycles. The summed E-state index contributed by atoms with van der Waals surface area (Å²) in [6, 6.07) is 10.7. The van der Waals surface area contributed by atoms with Crippen molar-refractivity contribution in [3.63, 3.8) is 0 Å². The summed E-state index contributed by atoms with van der Waals surface area (Å²) in [5.74, 6) is -0.0640. The van der Waals surface area contributed by atoms with Crippen molar-refractivity contribution >= 4 is 27.5 Å². The van der Waals surface area contributed by atoms with Gasteiger partial charge in [-0.2, -0.15) is 0 Å². The largest absolute Gasteiger partial charge is 0.494 e. The molecule has 0 bridgehead atoms. The number of likely N-dealkylation sites (N-methyl/N-ethyl adjacent to an activating group) is 1. The van der Waals surface area contributed by atoms with E-state index in [2.05, 4.69) is 21.2 Å². The molecule has 0 aliphatic heterocycles. The summed E-state index contributed by atoms with van der Waals surface area (Å²) in [4.78, 5) is 0. The van der Waals surface area contributed by atoms with Crippen LogP contribution in [0.3, 0.4) is 0 Å². The first kappa shape index (κ1) is 16.3. The quantitative estimate of drug-likeness (QED) is 0.817. The molecule has 1 atom stereocenters. The van der Waals surface area contributed by atoms with Gasteiger partial charge >= 0.3 is 0 Å². The van der Waals surface area contributed by atoms with Crippen LogP contribution >= 0.6 is 27.5 Å². The maximum atomic E-state index is 14.3. The van der Waals surface area contributed by atoms with Crippen LogP contribution in [-0.2, 0) is 6.42 Å². The Hall–Kier alpha value is -1.10. The van der Waals surface area contributed by atoms with E-state index in [1.54, 1.807) is 18.2 Å². The van der Waals surface area contributed by atoms with Crippen molar-refractivity contribution < 1.29 is 9.13 Å². The lowest BCUT2D eigenvalue weighted by molar-refractivity contribution is 0.383. The van der Waals surface area contributed by atoms with Crippen molar-refractivity contribution in [1.82, 2.24) is 5.32 Å². The molecule has 0 aliphatic rings. The molecule has 0 saturated heterocycles. The zero-order valence-electron chi connectivity index (χ0n) is 11.8. The Bertz CT molecular complexity index is 636. The highest BCUT2D eigenvalue weighted by atomic mass is 79.9. The number of ether oxygens (including phenoxy) is 1. The fraction of sp³-hybridized carbons (Fsp3) is 0.250. The molecule has 112 valence electrons. The van der Waals surface area contributed by atoms with Gasteiger partial charge in [-0.3, -0.25) is 0 Å². The van der Waals surface area contributed by atoms with Crippen LogP contribution in [-0.4, -0.2) is 14.2 Å². The number of hydrogen-bond acceptors (Lipinski definition) is 2. The van der Waals surface area contributed by atoms with Gasteiger partial charge in [-0.1, -0.05) is 39.7 Å². The first-order valence-electron chi connectivity index (χ1n) is 6.50. The fourth-order valence-corrected chi connectivity index (χ4v) is 2.94. The van der Waals surface area contributed by atoms with Crippen LogP contribution in [0.2, 0.25) is 5.02 Å². The zero-order valence-corrected chi connectivity index (χ0v) is 14.1. The van der Waals surface area contributed by atoms with Gasteiger partial charge in [0.25, 0.3) is 0 Å². The summed E-state index contributed by atoms with van der Waals surface area (Å²) in [7, 11) is 3.31. The summed E-state index contributed by atoms with van der Waals surface area (Å²) in [6.07, 6.45) is 0.498. The summed E-state index contributed by atoms with van der Waals surface area (Å²) in [5.41, 5.74) is 1.59. The third-order valence-electron chi connectivity index (χ3n) is 3.37. The lowest BCUT2D eigenvalue weighted by Crippen LogP contribution is -2.20. The van der Waals surface area contributed by atoms with E-state index >= 15 is 0 Å². The normalized spacial score (nSPS) is 12.2. The lowest BCUT2D eigenvalue weighted by Gasteiger charge is -2.19. The number of halogens is 3. The van der Waals surface area contributed by atoms with E-state index in [4.69, 9.17) is 16.3 Å². The zero-order chi connectivity index (χ0) is 15.4. The average Bonchev–Trinajstić information content (AvgIpc) is 2.49. The number of nitrogens with one attached hydrogen (secondary N) is 1. The highest BCUT2D eigenvalue weighted by molar-refractivity contribution is 9.10. The number of benzene rings is 2. The minimum atomic E-state index is -0.321. The smallest absolute Gasteiger partial charge is 0.168 e. The van der Waals surface area contributed by atoms with Crippen molar-refractivity contribution in [2.24, 2.45) is 0 Å². The Kier molecular flexibility index (Phi) is 5.62. The van der Waals surface area contributed by atoms with Gasteiger partial charge in [-0.15, -0.1) is 0 Å². The molecule has 0 fully saturated rings. The molecule has 0 aromatic heterocycles. The van der Waals surface area contributed by atoms with Gasteiger partial charge in [0.05, 0.1) is 7.11 Å². The van der Waals surface area contributed by atoms with Crippen molar-refractivity contribution in [2.45, 2.75) is 12.5 Å². The van der Waals surface area contributed by atoms with Crippen LogP contribution in [0.1, 0.15) is 17.2 Å². The lowest BCUT2D eigenvalue weighted by atomic mass is 9.98. The van der Waals surface area contributed by atoms with Crippen molar-refractivity contribution in [2.75, 3.05) is 14.2 Å². The molecule has 0 amide bonds. The summed E-state index contributed by atoms with van der Waals surface area (Å²) < 4.78 is 20.2. The van der Waals surface area contributed by atoms with Gasteiger partial charge in [0.2, 0.25) is 0 Å². The minimum Gasteiger partial charge on any atom is -0.494 e. The predicted molar refractivity (Wildman–Crippen MR) is 87.6 cm³/mol. The molecule has 0 saturated carbocycles. The Labute approximate surface area is 137 Å². The van der Waals surface area contributed by atoms with Crippen molar-refractivity contribution in [3.05, 3.63) is 62.8 Å². The Balaban J connectivity index is 2.33. The maximum absolute atomic E-state index is 14.3. The molecular weight excluding hydrogens is 357 g/mol. The van der Waals surface area contributed by atoms with Crippen LogP contribution in [0.5, 0.6) is 5.75 Å². The van der Waals surface area contributed by atoms with Crippen LogP contribution in [0, 0.1) is 5.82 Å². The molecule has 0 spiro atoms. The molecular formula is C16H16BrClFNO. The Morgan fingerprint density at radius 1 is 1.33 bits per heavy atom. The second-order valence-electron chi connectivity index (χ2n) is 4.64. The standard InChI is InChI=1S/C16H16BrClFNO/c1-20-14(12-9-11(18)6-7-13(12)17)8-10-4-3-5-15(21-2)16(10)19/h3-7,9,14,20H,8H2,1-2H3. The van der Waals surface area contributed by atoms with E-state index in [9.17, 15) is 4.39 Å². The van der Waals surface area contributed by atoms with Gasteiger partial charge in [0.15, 0.2) is 11.6 Å². The molecule has 0 heterocycles. The monoisotopic (exact) mass is 371 g/mol. The maximum Gasteiger partial charge on any atom is 0.168 e. The van der Waals surface area contributed by atoms with Gasteiger partial charge < -0.3 is 10.1 Å². The number of rotatable bonds is 5. The summed E-state index contributed by atoms with van der Waals surface area (Å²) in [6.45, 7) is 0. The molecule has 1 N–H and O–H groups in total. The first-order valence-corrected chi connectivity index (χ1v) is 7.67. The number of methoxy groups -OCH3 is 1. The van der Waals surface area contributed by atoms with Crippen LogP contribution < -0.4 is 10.1 Å². The number of hydrogen-bond donors (Lipinski definition) is 1. The molecule has 2 rings (SSSR count). The van der Waals surface area contributed by atoms with Crippen LogP contribution in [0.25, 0.3) is 0 Å². The van der Waals surface area contributed by atoms with Gasteiger partial charge in [-0.25, -0.2) is 4.39 Å². The topological polar surface area (TPSA) is 21.3 Å². The molecule has 2 aromatic rings. The average molecular weight is 373 g/mol. The summed E-state index contributed by atoms with van der Waals surface area (Å²) in [5, 5.41) is 3.86. The first-order chi connectivity index (χ1) is 10.1. The Morgan fingerprint density at radius 3 is 2.76 bits per heavy atom. The van der Waals surface area contributed by atoms with E-state index in [1.165, 1.54) is 7.11 Å². The molecule has 0 radical (unpaired) electrons. The van der Waals surface area contributed by atoms with E-state index in [0.29, 0.717) is 17.0 Å². The van der Waals surface area contributed by atoms with E-state index < -0.39 is 0 Å². The van der Waals surface area contributed by atoms with Crippen LogP contribution in [0.15, 0.2) is 40.9 Å². The molecule has 2 nitrogen and oxygen atoms in total. The predicted octanol–water partition coefficient (Wildman–Crippen LogP) is 4.75. The van der Waals surface area contributed by atoms with Gasteiger partial charge in [0, 0.05) is 15.5 Å². The molecule has 21 heavy (non-hydrogen) atoms. The third-order valence-corrected chi connectivity index (χ3v) is 4.33. The molecule has 0 aliphatic carbocycles. The Morgan fingerprint density at radius 2 is 2.10 bits per heavy atom. The second-order valence-corrected chi connectivity index (χ2v) is 5.94. The van der Waals surface area contributed by atoms with Crippen molar-refractivity contribution in [3.8, 4) is 5.75 Å². The second kappa shape index (κ2) is 7.25. The van der Waals surface area contributed by atoms with Crippen molar-refractivity contribution in [1.29, 1.82) is 0 Å². The van der Waals surface area contributed by atoms with Crippen LogP contribution in [0.4, 0.5) is 4.39 Å². The molecule has 5 heteroatoms. The highest BCUT2D eigenvalue weighted by Crippen LogP contribution is 2.30. The minimum absolute atomic E-state index is 0.0559. The van der Waals surface area contributed by atoms with Gasteiger partial charge in [0.1, 0.15) is 0 Å².